The second kappa shape index (κ2) is 6.13. The van der Waals surface area contributed by atoms with Gasteiger partial charge in [-0.3, -0.25) is 0 Å². The van der Waals surface area contributed by atoms with Crippen LogP contribution in [-0.4, -0.2) is 17.1 Å². The third kappa shape index (κ3) is 3.61. The summed E-state index contributed by atoms with van der Waals surface area (Å²) in [5.41, 5.74) is 0.957. The highest BCUT2D eigenvalue weighted by atomic mass is 79.9. The third-order valence-corrected chi connectivity index (χ3v) is 5.72. The molecule has 0 saturated carbocycles. The molecule has 0 aliphatic carbocycles. The van der Waals surface area contributed by atoms with Crippen LogP contribution in [-0.2, 0) is 18.6 Å². The second-order valence-corrected chi connectivity index (χ2v) is 8.74. The fourth-order valence-electron chi connectivity index (χ4n) is 1.93. The van der Waals surface area contributed by atoms with Crippen LogP contribution in [0.4, 0.5) is 5.13 Å². The van der Waals surface area contributed by atoms with E-state index in [0.29, 0.717) is 0 Å². The van der Waals surface area contributed by atoms with Gasteiger partial charge in [-0.2, -0.15) is 0 Å². The largest absolute Gasteiger partial charge is 0.391 e. The van der Waals surface area contributed by atoms with Crippen molar-refractivity contribution in [2.75, 3.05) is 11.9 Å². The number of aromatic nitrogens is 1. The number of halogens is 1. The van der Waals surface area contributed by atoms with Crippen molar-refractivity contribution < 1.29 is 5.11 Å². The molecule has 0 spiro atoms. The molecule has 20 heavy (non-hydrogen) atoms. The SMILES string of the molecule is CN(Cc1cc(Br)cs1)c1nc(C(C)(C)C)c(CO)s1. The molecule has 1 N–H and O–H groups in total. The zero-order chi connectivity index (χ0) is 14.9. The molecule has 0 fully saturated rings. The molecule has 2 rings (SSSR count). The Hall–Kier alpha value is -0.430. The van der Waals surface area contributed by atoms with Crippen molar-refractivity contribution in [3.63, 3.8) is 0 Å². The minimum absolute atomic E-state index is 0.0421. The summed E-state index contributed by atoms with van der Waals surface area (Å²) in [4.78, 5) is 9.12. The first-order valence-corrected chi connectivity index (χ1v) is 8.85. The first-order chi connectivity index (χ1) is 9.31. The van der Waals surface area contributed by atoms with E-state index in [9.17, 15) is 5.11 Å². The number of anilines is 1. The van der Waals surface area contributed by atoms with Gasteiger partial charge in [0.25, 0.3) is 0 Å². The van der Waals surface area contributed by atoms with E-state index in [2.05, 4.69) is 53.0 Å². The monoisotopic (exact) mass is 374 g/mol. The Morgan fingerprint density at radius 2 is 2.10 bits per heavy atom. The smallest absolute Gasteiger partial charge is 0.185 e. The van der Waals surface area contributed by atoms with E-state index >= 15 is 0 Å². The lowest BCUT2D eigenvalue weighted by Crippen LogP contribution is -2.17. The van der Waals surface area contributed by atoms with Crippen molar-refractivity contribution in [3.05, 3.63) is 31.4 Å². The van der Waals surface area contributed by atoms with Crippen molar-refractivity contribution >= 4 is 43.7 Å². The molecule has 2 aromatic heterocycles. The molecule has 0 aliphatic heterocycles. The van der Waals surface area contributed by atoms with Crippen molar-refractivity contribution in [1.82, 2.24) is 4.98 Å². The minimum Gasteiger partial charge on any atom is -0.391 e. The summed E-state index contributed by atoms with van der Waals surface area (Å²) in [7, 11) is 2.04. The molecular formula is C14H19BrN2OS2. The molecular weight excluding hydrogens is 356 g/mol. The van der Waals surface area contributed by atoms with Gasteiger partial charge >= 0.3 is 0 Å². The number of hydrogen-bond donors (Lipinski definition) is 1. The summed E-state index contributed by atoms with van der Waals surface area (Å²) < 4.78 is 1.12. The summed E-state index contributed by atoms with van der Waals surface area (Å²) in [6.45, 7) is 7.27. The lowest BCUT2D eigenvalue weighted by atomic mass is 9.91. The predicted molar refractivity (Wildman–Crippen MR) is 90.9 cm³/mol. The second-order valence-electron chi connectivity index (χ2n) is 5.76. The van der Waals surface area contributed by atoms with Crippen LogP contribution < -0.4 is 4.90 Å². The fourth-order valence-corrected chi connectivity index (χ4v) is 4.53. The molecule has 6 heteroatoms. The van der Waals surface area contributed by atoms with Crippen LogP contribution in [0.1, 0.15) is 36.2 Å². The van der Waals surface area contributed by atoms with Crippen molar-refractivity contribution in [2.24, 2.45) is 0 Å². The van der Waals surface area contributed by atoms with E-state index in [1.807, 2.05) is 7.05 Å². The summed E-state index contributed by atoms with van der Waals surface area (Å²) in [5, 5.41) is 12.6. The van der Waals surface area contributed by atoms with Crippen LogP contribution in [0.3, 0.4) is 0 Å². The standard InChI is InChI=1S/C14H19BrN2OS2/c1-14(2,3)12-11(7-18)20-13(16-12)17(4)6-10-5-9(15)8-19-10/h5,8,18H,6-7H2,1-4H3. The van der Waals surface area contributed by atoms with Crippen LogP contribution >= 0.6 is 38.6 Å². The minimum atomic E-state index is -0.0421. The number of hydrogen-bond acceptors (Lipinski definition) is 5. The third-order valence-electron chi connectivity index (χ3n) is 2.88. The maximum absolute atomic E-state index is 9.52. The topological polar surface area (TPSA) is 36.4 Å². The first kappa shape index (κ1) is 15.9. The molecule has 0 amide bonds. The van der Waals surface area contributed by atoms with Crippen molar-refractivity contribution in [3.8, 4) is 0 Å². The Morgan fingerprint density at radius 3 is 2.55 bits per heavy atom. The summed E-state index contributed by atoms with van der Waals surface area (Å²) >= 11 is 6.79. The van der Waals surface area contributed by atoms with Gasteiger partial charge in [-0.15, -0.1) is 11.3 Å². The summed E-state index contributed by atoms with van der Waals surface area (Å²) in [6.07, 6.45) is 0. The molecule has 0 radical (unpaired) electrons. The highest BCUT2D eigenvalue weighted by Gasteiger charge is 2.24. The molecule has 0 atom stereocenters. The number of thiophene rings is 1. The number of aliphatic hydroxyl groups is 1. The predicted octanol–water partition coefficient (Wildman–Crippen LogP) is 4.39. The fraction of sp³-hybridized carbons (Fsp3) is 0.500. The molecule has 0 saturated heterocycles. The maximum atomic E-state index is 9.52. The van der Waals surface area contributed by atoms with Crippen molar-refractivity contribution in [2.45, 2.75) is 39.3 Å². The van der Waals surface area contributed by atoms with E-state index in [4.69, 9.17) is 4.98 Å². The first-order valence-electron chi connectivity index (χ1n) is 6.36. The van der Waals surface area contributed by atoms with Gasteiger partial charge < -0.3 is 10.0 Å². The van der Waals surface area contributed by atoms with E-state index < -0.39 is 0 Å². The molecule has 0 aromatic carbocycles. The molecule has 0 unspecified atom stereocenters. The molecule has 2 aromatic rings. The number of thiazole rings is 1. The summed E-state index contributed by atoms with van der Waals surface area (Å²) in [6, 6.07) is 2.13. The van der Waals surface area contributed by atoms with Gasteiger partial charge in [-0.05, 0) is 22.0 Å². The van der Waals surface area contributed by atoms with Gasteiger partial charge in [0.15, 0.2) is 5.13 Å². The van der Waals surface area contributed by atoms with Crippen molar-refractivity contribution in [1.29, 1.82) is 0 Å². The Labute approximate surface area is 136 Å². The average Bonchev–Trinajstić information content (AvgIpc) is 2.94. The van der Waals surface area contributed by atoms with Crippen LogP contribution in [0, 0.1) is 0 Å². The van der Waals surface area contributed by atoms with Crippen LogP contribution in [0.25, 0.3) is 0 Å². The zero-order valence-electron chi connectivity index (χ0n) is 12.1. The number of rotatable bonds is 4. The van der Waals surface area contributed by atoms with Crippen LogP contribution in [0.2, 0.25) is 0 Å². The molecule has 0 bridgehead atoms. The van der Waals surface area contributed by atoms with Gasteiger partial charge in [-0.1, -0.05) is 32.1 Å². The van der Waals surface area contributed by atoms with E-state index in [1.165, 1.54) is 4.88 Å². The Morgan fingerprint density at radius 1 is 1.40 bits per heavy atom. The van der Waals surface area contributed by atoms with Gasteiger partial charge in [0.2, 0.25) is 0 Å². The Bertz CT molecular complexity index is 586. The van der Waals surface area contributed by atoms with E-state index in [1.54, 1.807) is 22.7 Å². The number of nitrogens with zero attached hydrogens (tertiary/aromatic N) is 2. The van der Waals surface area contributed by atoms with Gasteiger partial charge in [-0.25, -0.2) is 4.98 Å². The Kier molecular flexibility index (Phi) is 4.89. The molecule has 0 aliphatic rings. The van der Waals surface area contributed by atoms with Crippen LogP contribution in [0.5, 0.6) is 0 Å². The van der Waals surface area contributed by atoms with Gasteiger partial charge in [0.05, 0.1) is 23.7 Å². The maximum Gasteiger partial charge on any atom is 0.185 e. The van der Waals surface area contributed by atoms with E-state index in [0.717, 1.165) is 26.7 Å². The summed E-state index contributed by atoms with van der Waals surface area (Å²) in [5.74, 6) is 0. The number of aliphatic hydroxyl groups excluding tert-OH is 1. The van der Waals surface area contributed by atoms with E-state index in [-0.39, 0.29) is 12.0 Å². The molecule has 3 nitrogen and oxygen atoms in total. The zero-order valence-corrected chi connectivity index (χ0v) is 15.3. The molecule has 110 valence electrons. The highest BCUT2D eigenvalue weighted by molar-refractivity contribution is 9.10. The lowest BCUT2D eigenvalue weighted by Gasteiger charge is -2.17. The highest BCUT2D eigenvalue weighted by Crippen LogP contribution is 2.34. The molecule has 2 heterocycles. The van der Waals surface area contributed by atoms with Crippen LogP contribution in [0.15, 0.2) is 15.9 Å². The lowest BCUT2D eigenvalue weighted by molar-refractivity contribution is 0.282. The van der Waals surface area contributed by atoms with Gasteiger partial charge in [0, 0.05) is 27.2 Å². The quantitative estimate of drug-likeness (QED) is 0.861. The Balaban J connectivity index is 2.22. The normalized spacial score (nSPS) is 11.9. The van der Waals surface area contributed by atoms with Gasteiger partial charge in [0.1, 0.15) is 0 Å². The average molecular weight is 375 g/mol.